The van der Waals surface area contributed by atoms with Gasteiger partial charge in [-0.05, 0) is 18.9 Å². The van der Waals surface area contributed by atoms with Gasteiger partial charge in [-0.3, -0.25) is 0 Å². The van der Waals surface area contributed by atoms with Crippen LogP contribution in [0.25, 0.3) is 11.0 Å². The number of halogens is 3. The number of amides is 2. The van der Waals surface area contributed by atoms with Crippen LogP contribution in [0.4, 0.5) is 19.3 Å². The highest BCUT2D eigenvalue weighted by Gasteiger charge is 2.50. The number of pyridine rings is 1. The molecule has 5 rings (SSSR count). The third-order valence-electron chi connectivity index (χ3n) is 5.47. The summed E-state index contributed by atoms with van der Waals surface area (Å²) in [6, 6.07) is 2.97. The summed E-state index contributed by atoms with van der Waals surface area (Å²) in [5.41, 5.74) is 0.616. The summed E-state index contributed by atoms with van der Waals surface area (Å²) in [6.45, 7) is 1.45. The van der Waals surface area contributed by atoms with Crippen molar-refractivity contribution < 1.29 is 23.0 Å². The van der Waals surface area contributed by atoms with E-state index in [4.69, 9.17) is 21.1 Å². The molecule has 3 aromatic rings. The van der Waals surface area contributed by atoms with E-state index in [2.05, 4.69) is 20.6 Å². The molecule has 7 nitrogen and oxygen atoms in total. The van der Waals surface area contributed by atoms with E-state index in [0.717, 1.165) is 38.2 Å². The van der Waals surface area contributed by atoms with Crippen molar-refractivity contribution in [2.45, 2.75) is 18.9 Å². The molecule has 1 aromatic carbocycles. The first kappa shape index (κ1) is 19.1. The highest BCUT2D eigenvalue weighted by molar-refractivity contribution is 6.36. The first-order chi connectivity index (χ1) is 14.4. The van der Waals surface area contributed by atoms with Crippen molar-refractivity contribution in [3.05, 3.63) is 47.2 Å². The summed E-state index contributed by atoms with van der Waals surface area (Å²) < 4.78 is 39.8. The second kappa shape index (κ2) is 7.10. The number of carbonyl (C=O) groups excluding carboxylic acids is 1. The number of aromatic amines is 1. The average Bonchev–Trinajstić information content (AvgIpc) is 3.01. The lowest BCUT2D eigenvalue weighted by Crippen LogP contribution is -2.60. The van der Waals surface area contributed by atoms with Gasteiger partial charge in [0, 0.05) is 41.7 Å². The van der Waals surface area contributed by atoms with Crippen LogP contribution in [-0.4, -0.2) is 35.3 Å². The van der Waals surface area contributed by atoms with Crippen LogP contribution in [0.2, 0.25) is 5.02 Å². The highest BCUT2D eigenvalue weighted by Crippen LogP contribution is 2.46. The van der Waals surface area contributed by atoms with Gasteiger partial charge in [-0.1, -0.05) is 11.6 Å². The predicted molar refractivity (Wildman–Crippen MR) is 106 cm³/mol. The summed E-state index contributed by atoms with van der Waals surface area (Å²) in [7, 11) is 0. The van der Waals surface area contributed by atoms with E-state index in [1.807, 2.05) is 0 Å². The molecule has 3 heterocycles. The first-order valence-electron chi connectivity index (χ1n) is 9.36. The Morgan fingerprint density at radius 1 is 1.30 bits per heavy atom. The Kier molecular flexibility index (Phi) is 4.52. The minimum absolute atomic E-state index is 0.0181. The Morgan fingerprint density at radius 3 is 2.70 bits per heavy atom. The molecule has 3 N–H and O–H groups in total. The van der Waals surface area contributed by atoms with Crippen LogP contribution in [0, 0.1) is 17.0 Å². The maximum atomic E-state index is 14.6. The van der Waals surface area contributed by atoms with Crippen molar-refractivity contribution in [3.8, 4) is 11.5 Å². The SMILES string of the molecule is O=C(Nc1cc(F)c(Oc2ccnc3[nH]cc(Cl)c23)c(F)c1)NC1CC2(COC2)C1. The largest absolute Gasteiger partial charge is 0.450 e. The van der Waals surface area contributed by atoms with Crippen molar-refractivity contribution in [2.75, 3.05) is 18.5 Å². The number of nitrogens with one attached hydrogen (secondary N) is 3. The van der Waals surface area contributed by atoms with Gasteiger partial charge in [-0.15, -0.1) is 0 Å². The van der Waals surface area contributed by atoms with Gasteiger partial charge in [-0.25, -0.2) is 18.6 Å². The molecule has 1 spiro atoms. The average molecular weight is 435 g/mol. The third-order valence-corrected chi connectivity index (χ3v) is 5.76. The molecule has 0 bridgehead atoms. The van der Waals surface area contributed by atoms with E-state index in [0.29, 0.717) is 16.1 Å². The molecule has 156 valence electrons. The number of anilines is 1. The van der Waals surface area contributed by atoms with E-state index in [1.165, 1.54) is 18.5 Å². The van der Waals surface area contributed by atoms with Crippen LogP contribution in [0.3, 0.4) is 0 Å². The zero-order chi connectivity index (χ0) is 20.9. The third kappa shape index (κ3) is 3.33. The van der Waals surface area contributed by atoms with Crippen LogP contribution in [0.15, 0.2) is 30.6 Å². The monoisotopic (exact) mass is 434 g/mol. The minimum Gasteiger partial charge on any atom is -0.450 e. The summed E-state index contributed by atoms with van der Waals surface area (Å²) in [5.74, 6) is -2.37. The number of ether oxygens (including phenoxy) is 2. The number of benzene rings is 1. The summed E-state index contributed by atoms with van der Waals surface area (Å²) in [4.78, 5) is 19.1. The molecule has 1 aliphatic carbocycles. The fraction of sp³-hybridized carbons (Fsp3) is 0.300. The van der Waals surface area contributed by atoms with Crippen LogP contribution in [-0.2, 0) is 4.74 Å². The number of nitrogens with zero attached hydrogens (tertiary/aromatic N) is 1. The zero-order valence-electron chi connectivity index (χ0n) is 15.6. The number of aromatic nitrogens is 2. The zero-order valence-corrected chi connectivity index (χ0v) is 16.4. The Balaban J connectivity index is 1.29. The Labute approximate surface area is 174 Å². The van der Waals surface area contributed by atoms with E-state index in [9.17, 15) is 13.6 Å². The molecule has 2 aliphatic rings. The van der Waals surface area contributed by atoms with E-state index in [-0.39, 0.29) is 22.9 Å². The lowest BCUT2D eigenvalue weighted by Gasteiger charge is -2.53. The smallest absolute Gasteiger partial charge is 0.319 e. The van der Waals surface area contributed by atoms with Crippen molar-refractivity contribution >= 4 is 34.4 Å². The fourth-order valence-electron chi connectivity index (χ4n) is 3.98. The molecule has 10 heteroatoms. The van der Waals surface area contributed by atoms with Crippen molar-refractivity contribution in [2.24, 2.45) is 5.41 Å². The van der Waals surface area contributed by atoms with Crippen LogP contribution >= 0.6 is 11.6 Å². The Hall–Kier alpha value is -2.91. The standard InChI is InChI=1S/C20H17ClF2N4O3/c21-12-7-25-18-16(12)15(1-2-24-18)30-17-13(22)3-10(4-14(17)23)26-19(28)27-11-5-20(6-11)8-29-9-20/h1-4,7,11H,5-6,8-9H2,(H,24,25)(H2,26,27,28). The first-order valence-corrected chi connectivity index (χ1v) is 9.74. The molecular weight excluding hydrogens is 418 g/mol. The van der Waals surface area contributed by atoms with Gasteiger partial charge in [0.1, 0.15) is 11.4 Å². The summed E-state index contributed by atoms with van der Waals surface area (Å²) in [5, 5.41) is 5.98. The molecule has 0 radical (unpaired) electrons. The van der Waals surface area contributed by atoms with E-state index >= 15 is 0 Å². The predicted octanol–water partition coefficient (Wildman–Crippen LogP) is 4.59. The van der Waals surface area contributed by atoms with Crippen molar-refractivity contribution in [1.82, 2.24) is 15.3 Å². The number of fused-ring (bicyclic) bond motifs is 1. The van der Waals surface area contributed by atoms with Gasteiger partial charge in [0.05, 0.1) is 23.6 Å². The van der Waals surface area contributed by atoms with Crippen molar-refractivity contribution in [3.63, 3.8) is 0 Å². The van der Waals surface area contributed by atoms with Crippen LogP contribution in [0.1, 0.15) is 12.8 Å². The molecule has 2 fully saturated rings. The fourth-order valence-corrected chi connectivity index (χ4v) is 4.22. The Bertz CT molecular complexity index is 1120. The van der Waals surface area contributed by atoms with E-state index in [1.54, 1.807) is 0 Å². The molecule has 1 aliphatic heterocycles. The second-order valence-electron chi connectivity index (χ2n) is 7.74. The molecule has 2 aromatic heterocycles. The molecule has 1 saturated carbocycles. The van der Waals surface area contributed by atoms with Gasteiger partial charge in [0.2, 0.25) is 0 Å². The van der Waals surface area contributed by atoms with E-state index < -0.39 is 23.4 Å². The molecule has 0 unspecified atom stereocenters. The molecule has 1 saturated heterocycles. The Morgan fingerprint density at radius 2 is 2.03 bits per heavy atom. The maximum absolute atomic E-state index is 14.6. The summed E-state index contributed by atoms with van der Waals surface area (Å²) >= 11 is 6.09. The molecule has 30 heavy (non-hydrogen) atoms. The van der Waals surface area contributed by atoms with Gasteiger partial charge in [0.25, 0.3) is 0 Å². The van der Waals surface area contributed by atoms with Crippen molar-refractivity contribution in [1.29, 1.82) is 0 Å². The van der Waals surface area contributed by atoms with Gasteiger partial charge in [0.15, 0.2) is 17.4 Å². The lowest BCUT2D eigenvalue weighted by molar-refractivity contribution is -0.165. The highest BCUT2D eigenvalue weighted by atomic mass is 35.5. The number of hydrogen-bond donors (Lipinski definition) is 3. The van der Waals surface area contributed by atoms with Gasteiger partial charge < -0.3 is 25.1 Å². The molecule has 2 amide bonds. The minimum atomic E-state index is -0.962. The van der Waals surface area contributed by atoms with Gasteiger partial charge in [-0.2, -0.15) is 0 Å². The maximum Gasteiger partial charge on any atom is 0.319 e. The number of H-pyrrole nitrogens is 1. The number of rotatable bonds is 4. The molecule has 0 atom stereocenters. The number of urea groups is 1. The second-order valence-corrected chi connectivity index (χ2v) is 8.14. The quantitative estimate of drug-likeness (QED) is 0.560. The van der Waals surface area contributed by atoms with Crippen LogP contribution < -0.4 is 15.4 Å². The number of hydrogen-bond acceptors (Lipinski definition) is 4. The normalized spacial score (nSPS) is 17.4. The summed E-state index contributed by atoms with van der Waals surface area (Å²) in [6.07, 6.45) is 4.63. The molecular formula is C20H17ClF2N4O3. The van der Waals surface area contributed by atoms with Gasteiger partial charge >= 0.3 is 6.03 Å². The lowest BCUT2D eigenvalue weighted by atomic mass is 9.64. The van der Waals surface area contributed by atoms with Crippen LogP contribution in [0.5, 0.6) is 11.5 Å². The number of carbonyl (C=O) groups is 1. The topological polar surface area (TPSA) is 88.3 Å².